The average Bonchev–Trinajstić information content (AvgIpc) is 3.02. The van der Waals surface area contributed by atoms with Crippen LogP contribution in [-0.2, 0) is 16.6 Å². The van der Waals surface area contributed by atoms with Gasteiger partial charge < -0.3 is 42.3 Å². The highest BCUT2D eigenvalue weighted by molar-refractivity contribution is 8.00. The number of thioether (sulfide) groups is 1. The molecule has 7 atom stereocenters. The zero-order valence-electron chi connectivity index (χ0n) is 16.7. The number of urea groups is 1. The number of aliphatic hydroxyl groups excluding tert-OH is 4. The van der Waals surface area contributed by atoms with Gasteiger partial charge in [0.25, 0.3) is 0 Å². The highest BCUT2D eigenvalue weighted by atomic mass is 32.2. The molecule has 2 heterocycles. The van der Waals surface area contributed by atoms with E-state index >= 15 is 0 Å². The van der Waals surface area contributed by atoms with Crippen molar-refractivity contribution in [2.45, 2.75) is 41.0 Å². The number of nitrogens with zero attached hydrogens (tertiary/aromatic N) is 3. The monoisotopic (exact) mass is 476 g/mol. The van der Waals surface area contributed by atoms with Crippen LogP contribution in [0.25, 0.3) is 0 Å². The first kappa shape index (κ1) is 25.5. The Labute approximate surface area is 184 Å². The molecule has 10 N–H and O–H groups in total. The molecule has 0 aliphatic carbocycles. The summed E-state index contributed by atoms with van der Waals surface area (Å²) in [5, 5.41) is 49.2. The number of carboxylic acid groups (broad SMARTS) is 1. The summed E-state index contributed by atoms with van der Waals surface area (Å²) in [7, 11) is 1.29. The van der Waals surface area contributed by atoms with Crippen molar-refractivity contribution in [1.29, 1.82) is 0 Å². The van der Waals surface area contributed by atoms with Gasteiger partial charge in [-0.05, 0) is 6.07 Å². The molecular formula is C16H24N6O9S. The maximum absolute atomic E-state index is 12.6. The minimum Gasteiger partial charge on any atom is -0.480 e. The molecule has 0 radical (unpaired) electrons. The van der Waals surface area contributed by atoms with E-state index in [9.17, 15) is 39.6 Å². The van der Waals surface area contributed by atoms with E-state index in [0.29, 0.717) is 11.8 Å². The molecule has 3 amide bonds. The van der Waals surface area contributed by atoms with E-state index in [1.165, 1.54) is 19.3 Å². The van der Waals surface area contributed by atoms with Crippen LogP contribution in [0.2, 0.25) is 0 Å². The lowest BCUT2D eigenvalue weighted by molar-refractivity contribution is -0.146. The second kappa shape index (κ2) is 10.2. The fourth-order valence-corrected chi connectivity index (χ4v) is 4.61. The van der Waals surface area contributed by atoms with E-state index < -0.39 is 71.2 Å². The van der Waals surface area contributed by atoms with Crippen molar-refractivity contribution in [3.05, 3.63) is 28.2 Å². The Bertz CT molecular complexity index is 1010. The molecule has 1 aromatic rings. The Morgan fingerprint density at radius 2 is 1.94 bits per heavy atom. The Morgan fingerprint density at radius 1 is 1.31 bits per heavy atom. The number of rotatable bonds is 7. The zero-order chi connectivity index (χ0) is 24.3. The molecule has 0 spiro atoms. The summed E-state index contributed by atoms with van der Waals surface area (Å²) in [5.41, 5.74) is 9.49. The molecule has 0 unspecified atom stereocenters. The van der Waals surface area contributed by atoms with E-state index in [1.54, 1.807) is 0 Å². The first-order valence-electron chi connectivity index (χ1n) is 9.12. The molecule has 2 rings (SSSR count). The van der Waals surface area contributed by atoms with Gasteiger partial charge in [-0.1, -0.05) is 0 Å². The summed E-state index contributed by atoms with van der Waals surface area (Å²) in [6.07, 6.45) is -4.02. The number of aliphatic hydroxyl groups is 4. The van der Waals surface area contributed by atoms with E-state index in [-0.39, 0.29) is 5.49 Å². The van der Waals surface area contributed by atoms with Crippen molar-refractivity contribution in [2.24, 2.45) is 23.5 Å². The molecule has 0 saturated carbocycles. The maximum atomic E-state index is 12.6. The molecule has 0 bridgehead atoms. The van der Waals surface area contributed by atoms with Crippen LogP contribution in [0, 0.1) is 0 Å². The third-order valence-electron chi connectivity index (χ3n) is 4.79. The van der Waals surface area contributed by atoms with Gasteiger partial charge in [0.15, 0.2) is 6.04 Å². The highest BCUT2D eigenvalue weighted by Gasteiger charge is 2.50. The standard InChI is InChI=1S/C16H24N6O9S/c1-21-6(19-15(18)30)2-3-22(16(21)31)13-10(26)9(25)11(32-13)8(24)7(14(28)29)20-12(27)5(17)4-23/h2-3,5,7-11,13,23-26H,4,17H2,1H3,(H2,18,30)(H,20,27)(H,28,29)/b19-6+/t5-,7+,8-,9+,10+,11+,13+/m0/s1. The van der Waals surface area contributed by atoms with Crippen molar-refractivity contribution in [3.8, 4) is 0 Å². The molecule has 32 heavy (non-hydrogen) atoms. The predicted octanol–water partition coefficient (Wildman–Crippen LogP) is -5.25. The molecule has 178 valence electrons. The third-order valence-corrected chi connectivity index (χ3v) is 6.44. The zero-order valence-corrected chi connectivity index (χ0v) is 17.5. The quantitative estimate of drug-likeness (QED) is 0.184. The Balaban J connectivity index is 2.34. The highest BCUT2D eigenvalue weighted by Crippen LogP contribution is 2.43. The molecule has 1 aromatic heterocycles. The van der Waals surface area contributed by atoms with Gasteiger partial charge >= 0.3 is 17.7 Å². The van der Waals surface area contributed by atoms with Gasteiger partial charge in [-0.3, -0.25) is 13.9 Å². The number of hydrogen-bond acceptors (Lipinski definition) is 10. The summed E-state index contributed by atoms with van der Waals surface area (Å²) >= 11 is 0.700. The van der Waals surface area contributed by atoms with Gasteiger partial charge in [0.2, 0.25) is 5.91 Å². The first-order valence-corrected chi connectivity index (χ1v) is 10.1. The second-order valence-electron chi connectivity index (χ2n) is 6.95. The number of nitrogens with two attached hydrogens (primary N) is 2. The molecule has 1 aliphatic rings. The van der Waals surface area contributed by atoms with Crippen LogP contribution >= 0.6 is 11.8 Å². The number of carbonyl (C=O) groups excluding carboxylic acids is 2. The summed E-state index contributed by atoms with van der Waals surface area (Å²) in [4.78, 5) is 50.5. The van der Waals surface area contributed by atoms with Crippen molar-refractivity contribution in [1.82, 2.24) is 14.5 Å². The molecular weight excluding hydrogens is 452 g/mol. The van der Waals surface area contributed by atoms with Crippen LogP contribution in [0.4, 0.5) is 4.79 Å². The first-order chi connectivity index (χ1) is 14.9. The van der Waals surface area contributed by atoms with Crippen LogP contribution < -0.4 is 28.0 Å². The predicted molar refractivity (Wildman–Crippen MR) is 108 cm³/mol. The molecule has 1 saturated heterocycles. The van der Waals surface area contributed by atoms with Gasteiger partial charge in [-0.25, -0.2) is 14.4 Å². The Hall–Kier alpha value is -2.76. The SMILES string of the molecule is Cn1c(=O)n([C@@H]2S[C@H]([C@@H](O)[C@@H](NC(=O)[C@@H](N)CO)C(=O)O)[C@H](O)[C@H]2O)cc/c1=N\C(N)=O. The molecule has 1 aliphatic heterocycles. The van der Waals surface area contributed by atoms with Crippen molar-refractivity contribution in [2.75, 3.05) is 6.61 Å². The summed E-state index contributed by atoms with van der Waals surface area (Å²) in [5.74, 6) is -2.70. The van der Waals surface area contributed by atoms with Gasteiger partial charge in [0.05, 0.1) is 24.1 Å². The molecule has 16 heteroatoms. The van der Waals surface area contributed by atoms with E-state index in [4.69, 9.17) is 16.6 Å². The van der Waals surface area contributed by atoms with Crippen molar-refractivity contribution < 1.29 is 39.9 Å². The number of hydrogen-bond donors (Lipinski definition) is 8. The fourth-order valence-electron chi connectivity index (χ4n) is 3.04. The molecule has 0 aromatic carbocycles. The minimum atomic E-state index is -1.93. The lowest BCUT2D eigenvalue weighted by atomic mass is 10.00. The largest absolute Gasteiger partial charge is 0.480 e. The summed E-state index contributed by atoms with van der Waals surface area (Å²) in [6, 6.07) is -3.14. The third kappa shape index (κ3) is 5.17. The number of carbonyl (C=O) groups is 3. The number of amides is 3. The van der Waals surface area contributed by atoms with E-state index in [1.807, 2.05) is 5.32 Å². The number of aromatic nitrogens is 2. The van der Waals surface area contributed by atoms with Crippen LogP contribution in [-0.4, -0.2) is 94.8 Å². The van der Waals surface area contributed by atoms with Crippen molar-refractivity contribution >= 4 is 29.7 Å². The molecule has 15 nitrogen and oxygen atoms in total. The smallest absolute Gasteiger partial charge is 0.340 e. The number of nitrogens with one attached hydrogen (secondary N) is 1. The summed E-state index contributed by atoms with van der Waals surface area (Å²) in [6.45, 7) is -0.770. The topological polar surface area (TPSA) is 256 Å². The molecule has 1 fully saturated rings. The second-order valence-corrected chi connectivity index (χ2v) is 8.25. The van der Waals surface area contributed by atoms with Crippen LogP contribution in [0.1, 0.15) is 5.37 Å². The Kier molecular flexibility index (Phi) is 8.16. The normalized spacial score (nSPS) is 26.4. The summed E-state index contributed by atoms with van der Waals surface area (Å²) < 4.78 is 1.96. The van der Waals surface area contributed by atoms with Gasteiger partial charge in [0, 0.05) is 13.2 Å². The lowest BCUT2D eigenvalue weighted by Crippen LogP contribution is -2.57. The maximum Gasteiger partial charge on any atom is 0.340 e. The van der Waals surface area contributed by atoms with Gasteiger partial charge in [-0.2, -0.15) is 4.99 Å². The van der Waals surface area contributed by atoms with Gasteiger partial charge in [0.1, 0.15) is 23.0 Å². The van der Waals surface area contributed by atoms with Gasteiger partial charge in [-0.15, -0.1) is 11.8 Å². The van der Waals surface area contributed by atoms with Crippen LogP contribution in [0.3, 0.4) is 0 Å². The lowest BCUT2D eigenvalue weighted by Gasteiger charge is -2.27. The number of aliphatic carboxylic acids is 1. The van der Waals surface area contributed by atoms with E-state index in [0.717, 1.165) is 9.13 Å². The number of primary amides is 1. The van der Waals surface area contributed by atoms with E-state index in [2.05, 4.69) is 4.99 Å². The van der Waals surface area contributed by atoms with Crippen molar-refractivity contribution in [3.63, 3.8) is 0 Å². The Morgan fingerprint density at radius 3 is 2.47 bits per heavy atom. The minimum absolute atomic E-state index is 0.0674. The average molecular weight is 476 g/mol. The van der Waals surface area contributed by atoms with Crippen LogP contribution in [0.15, 0.2) is 22.1 Å². The fraction of sp³-hybridized carbons (Fsp3) is 0.562. The number of carboxylic acids is 1. The van der Waals surface area contributed by atoms with Crippen LogP contribution in [0.5, 0.6) is 0 Å².